The molecule has 1 rings (SSSR count). The van der Waals surface area contributed by atoms with Gasteiger partial charge in [0.2, 0.25) is 11.7 Å². The quantitative estimate of drug-likeness (QED) is 0.206. The molecule has 1 heterocycles. The van der Waals surface area contributed by atoms with Crippen molar-refractivity contribution in [2.45, 2.75) is 0 Å². The van der Waals surface area contributed by atoms with Crippen LogP contribution in [0.5, 0.6) is 0 Å². The summed E-state index contributed by atoms with van der Waals surface area (Å²) in [5.74, 6) is -0.384. The van der Waals surface area contributed by atoms with Crippen molar-refractivity contribution in [1.82, 2.24) is 9.55 Å². The zero-order chi connectivity index (χ0) is 8.97. The van der Waals surface area contributed by atoms with Crippen LogP contribution in [0.3, 0.4) is 0 Å². The molecule has 0 unspecified atom stereocenters. The van der Waals surface area contributed by atoms with Crippen LogP contribution < -0.4 is 5.73 Å². The number of hydrogen-bond donors (Lipinski definition) is 3. The van der Waals surface area contributed by atoms with E-state index in [9.17, 15) is 0 Å². The lowest BCUT2D eigenvalue weighted by Crippen LogP contribution is -2.29. The normalized spacial score (nSPS) is 13.3. The van der Waals surface area contributed by atoms with Gasteiger partial charge in [-0.3, -0.25) is 4.57 Å². The Morgan fingerprint density at radius 3 is 2.58 bits per heavy atom. The van der Waals surface area contributed by atoms with Crippen molar-refractivity contribution >= 4 is 11.7 Å². The lowest BCUT2D eigenvalue weighted by molar-refractivity contribution is 0.312. The second kappa shape index (κ2) is 3.37. The molecule has 0 spiro atoms. The number of nitrogens with zero attached hydrogens (tertiary/aromatic N) is 4. The van der Waals surface area contributed by atoms with E-state index >= 15 is 0 Å². The van der Waals surface area contributed by atoms with Gasteiger partial charge in [-0.1, -0.05) is 10.3 Å². The van der Waals surface area contributed by atoms with E-state index in [4.69, 9.17) is 16.1 Å². The summed E-state index contributed by atoms with van der Waals surface area (Å²) in [7, 11) is 0. The minimum absolute atomic E-state index is 0.0880. The molecule has 0 aliphatic heterocycles. The van der Waals surface area contributed by atoms with Crippen LogP contribution >= 0.6 is 0 Å². The Labute approximate surface area is 67.4 Å². The average molecular weight is 169 g/mol. The Kier molecular flexibility index (Phi) is 2.26. The average Bonchev–Trinajstić information content (AvgIpc) is 2.58. The molecule has 0 fully saturated rings. The third-order valence-electron chi connectivity index (χ3n) is 1.18. The molecule has 0 aromatic carbocycles. The van der Waals surface area contributed by atoms with Gasteiger partial charge in [-0.25, -0.2) is 4.98 Å². The van der Waals surface area contributed by atoms with Crippen LogP contribution in [0.2, 0.25) is 0 Å². The Morgan fingerprint density at radius 2 is 2.17 bits per heavy atom. The number of oxime groups is 2. The van der Waals surface area contributed by atoms with Crippen molar-refractivity contribution in [2.75, 3.05) is 0 Å². The lowest BCUT2D eigenvalue weighted by atomic mass is 10.5. The van der Waals surface area contributed by atoms with Gasteiger partial charge in [0.15, 0.2) is 0 Å². The van der Waals surface area contributed by atoms with Crippen molar-refractivity contribution in [3.8, 4) is 0 Å². The second-order valence-corrected chi connectivity index (χ2v) is 1.88. The van der Waals surface area contributed by atoms with Crippen molar-refractivity contribution in [2.24, 2.45) is 16.0 Å². The molecule has 4 N–H and O–H groups in total. The first-order chi connectivity index (χ1) is 5.79. The first-order valence-corrected chi connectivity index (χ1v) is 2.98. The molecular formula is C5H7N5O2. The highest BCUT2D eigenvalue weighted by atomic mass is 16.4. The van der Waals surface area contributed by atoms with Crippen LogP contribution in [-0.4, -0.2) is 31.6 Å². The predicted molar refractivity (Wildman–Crippen MR) is 40.3 cm³/mol. The highest BCUT2D eigenvalue weighted by Crippen LogP contribution is 1.87. The fraction of sp³-hybridized carbons (Fsp3) is 0. The Balaban J connectivity index is 3.01. The van der Waals surface area contributed by atoms with Gasteiger partial charge in [0.05, 0.1) is 0 Å². The second-order valence-electron chi connectivity index (χ2n) is 1.88. The largest absolute Gasteiger partial charge is 0.409 e. The topological polar surface area (TPSA) is 109 Å². The molecule has 1 aromatic heterocycles. The SMILES string of the molecule is NC(=N\O)/C(=N/O)n1ccnc1. The van der Waals surface area contributed by atoms with E-state index in [0.29, 0.717) is 0 Å². The molecule has 0 saturated carbocycles. The molecule has 0 bridgehead atoms. The zero-order valence-electron chi connectivity index (χ0n) is 5.99. The van der Waals surface area contributed by atoms with Crippen molar-refractivity contribution in [3.63, 3.8) is 0 Å². The summed E-state index contributed by atoms with van der Waals surface area (Å²) in [6.07, 6.45) is 4.32. The van der Waals surface area contributed by atoms with E-state index in [1.807, 2.05) is 0 Å². The number of hydrogen-bond acceptors (Lipinski definition) is 5. The molecule has 0 saturated heterocycles. The molecule has 12 heavy (non-hydrogen) atoms. The fourth-order valence-electron chi connectivity index (χ4n) is 0.664. The number of amidine groups is 1. The molecule has 1 aromatic rings. The molecular weight excluding hydrogens is 162 g/mol. The standard InChI is InChI=1S/C5H7N5O2/c6-4(8-11)5(9-12)10-2-1-7-3-10/h1-3,11-12H,(H2,6,8)/b9-5-. The van der Waals surface area contributed by atoms with Crippen LogP contribution in [-0.2, 0) is 0 Å². The Hall–Kier alpha value is -2.05. The van der Waals surface area contributed by atoms with E-state index in [2.05, 4.69) is 15.3 Å². The van der Waals surface area contributed by atoms with Gasteiger partial charge in [0.1, 0.15) is 6.33 Å². The van der Waals surface area contributed by atoms with Crippen molar-refractivity contribution in [3.05, 3.63) is 18.7 Å². The molecule has 0 atom stereocenters. The first kappa shape index (κ1) is 8.05. The summed E-state index contributed by atoms with van der Waals surface area (Å²) in [6, 6.07) is 0. The maximum Gasteiger partial charge on any atom is 0.223 e. The fourth-order valence-corrected chi connectivity index (χ4v) is 0.664. The summed E-state index contributed by atoms with van der Waals surface area (Å²) >= 11 is 0. The van der Waals surface area contributed by atoms with Gasteiger partial charge in [-0.15, -0.1) is 0 Å². The van der Waals surface area contributed by atoms with Crippen LogP contribution in [0.25, 0.3) is 0 Å². The van der Waals surface area contributed by atoms with Gasteiger partial charge < -0.3 is 16.1 Å². The van der Waals surface area contributed by atoms with E-state index in [1.54, 1.807) is 0 Å². The van der Waals surface area contributed by atoms with Gasteiger partial charge >= 0.3 is 0 Å². The van der Waals surface area contributed by atoms with Gasteiger partial charge in [0, 0.05) is 12.4 Å². The lowest BCUT2D eigenvalue weighted by Gasteiger charge is -2.00. The third kappa shape index (κ3) is 1.34. The molecule has 64 valence electrons. The summed E-state index contributed by atoms with van der Waals surface area (Å²) in [5.41, 5.74) is 5.18. The molecule has 0 amide bonds. The Morgan fingerprint density at radius 1 is 1.42 bits per heavy atom. The van der Waals surface area contributed by atoms with Crippen LogP contribution in [0.1, 0.15) is 0 Å². The maximum absolute atomic E-state index is 8.47. The molecule has 7 heteroatoms. The summed E-state index contributed by atoms with van der Waals surface area (Å²) in [5, 5.41) is 22.2. The summed E-state index contributed by atoms with van der Waals surface area (Å²) < 4.78 is 1.30. The monoisotopic (exact) mass is 169 g/mol. The minimum atomic E-state index is -0.296. The number of nitrogens with two attached hydrogens (primary N) is 1. The van der Waals surface area contributed by atoms with Gasteiger partial charge in [-0.05, 0) is 0 Å². The first-order valence-electron chi connectivity index (χ1n) is 2.98. The van der Waals surface area contributed by atoms with Crippen molar-refractivity contribution < 1.29 is 10.4 Å². The highest BCUT2D eigenvalue weighted by molar-refractivity contribution is 6.40. The van der Waals surface area contributed by atoms with Gasteiger partial charge in [-0.2, -0.15) is 0 Å². The number of rotatable bonds is 0. The van der Waals surface area contributed by atoms with E-state index in [0.717, 1.165) is 0 Å². The predicted octanol–water partition coefficient (Wildman–Crippen LogP) is -0.735. The van der Waals surface area contributed by atoms with Crippen LogP contribution in [0.4, 0.5) is 0 Å². The molecule has 7 nitrogen and oxygen atoms in total. The molecule has 0 radical (unpaired) electrons. The smallest absolute Gasteiger partial charge is 0.223 e. The maximum atomic E-state index is 8.47. The molecule has 0 aliphatic rings. The molecule has 0 aliphatic carbocycles. The van der Waals surface area contributed by atoms with Gasteiger partial charge in [0.25, 0.3) is 0 Å². The minimum Gasteiger partial charge on any atom is -0.409 e. The zero-order valence-corrected chi connectivity index (χ0v) is 5.99. The number of imidazole rings is 1. The van der Waals surface area contributed by atoms with Crippen LogP contribution in [0.15, 0.2) is 29.0 Å². The van der Waals surface area contributed by atoms with Crippen LogP contribution in [0, 0.1) is 0 Å². The third-order valence-corrected chi connectivity index (χ3v) is 1.18. The number of aromatic nitrogens is 2. The van der Waals surface area contributed by atoms with E-state index in [-0.39, 0.29) is 11.7 Å². The summed E-state index contributed by atoms with van der Waals surface area (Å²) in [6.45, 7) is 0. The highest BCUT2D eigenvalue weighted by Gasteiger charge is 2.07. The van der Waals surface area contributed by atoms with E-state index < -0.39 is 0 Å². The summed E-state index contributed by atoms with van der Waals surface area (Å²) in [4.78, 5) is 3.69. The van der Waals surface area contributed by atoms with Crippen molar-refractivity contribution in [1.29, 1.82) is 0 Å². The Bertz CT molecular complexity index is 302. The van der Waals surface area contributed by atoms with E-state index in [1.165, 1.54) is 23.3 Å².